The van der Waals surface area contributed by atoms with Crippen molar-refractivity contribution in [3.8, 4) is 0 Å². The van der Waals surface area contributed by atoms with Gasteiger partial charge in [-0.3, -0.25) is 4.79 Å². The molecule has 1 aliphatic rings. The summed E-state index contributed by atoms with van der Waals surface area (Å²) in [5, 5.41) is 48.9. The minimum Gasteiger partial charge on any atom is -0.394 e. The van der Waals surface area contributed by atoms with Crippen LogP contribution in [0.2, 0.25) is 0 Å². The van der Waals surface area contributed by atoms with Gasteiger partial charge in [-0.15, -0.1) is 0 Å². The average Bonchev–Trinajstić information content (AvgIpc) is 2.62. The second kappa shape index (κ2) is 12.0. The third-order valence-corrected chi connectivity index (χ3v) is 5.06. The summed E-state index contributed by atoms with van der Waals surface area (Å²) in [6, 6.07) is 0. The number of carbonyl (C=O) groups excluding carboxylic acids is 1. The van der Waals surface area contributed by atoms with E-state index in [2.05, 4.69) is 6.92 Å². The quantitative estimate of drug-likeness (QED) is 0.304. The molecule has 0 saturated carbocycles. The van der Waals surface area contributed by atoms with Crippen LogP contribution in [0.15, 0.2) is 0 Å². The lowest BCUT2D eigenvalue weighted by atomic mass is 9.89. The van der Waals surface area contributed by atoms with Crippen molar-refractivity contribution < 1.29 is 35.1 Å². The number of aliphatic hydroxyl groups is 5. The molecule has 1 saturated heterocycles. The lowest BCUT2D eigenvalue weighted by Crippen LogP contribution is -2.65. The van der Waals surface area contributed by atoms with Crippen LogP contribution >= 0.6 is 0 Å². The molecule has 26 heavy (non-hydrogen) atoms. The van der Waals surface area contributed by atoms with E-state index in [1.54, 1.807) is 0 Å². The Morgan fingerprint density at radius 3 is 2.00 bits per heavy atom. The third kappa shape index (κ3) is 7.21. The number of aliphatic hydroxyl groups excluding tert-OH is 4. The van der Waals surface area contributed by atoms with E-state index in [1.807, 2.05) is 0 Å². The molecule has 1 fully saturated rings. The van der Waals surface area contributed by atoms with Crippen LogP contribution in [0.5, 0.6) is 0 Å². The summed E-state index contributed by atoms with van der Waals surface area (Å²) in [5.74, 6) is -2.57. The van der Waals surface area contributed by atoms with Crippen LogP contribution < -0.4 is 0 Å². The first-order valence-electron chi connectivity index (χ1n) is 9.92. The molecular weight excluding hydrogens is 340 g/mol. The van der Waals surface area contributed by atoms with Gasteiger partial charge in [0.05, 0.1) is 13.0 Å². The molecule has 0 aromatic rings. The van der Waals surface area contributed by atoms with Gasteiger partial charge in [-0.1, -0.05) is 58.3 Å². The van der Waals surface area contributed by atoms with Crippen molar-refractivity contribution in [2.45, 2.75) is 108 Å². The maximum Gasteiger partial charge on any atom is 0.202 e. The van der Waals surface area contributed by atoms with E-state index in [-0.39, 0.29) is 12.2 Å². The normalized spacial score (nSPS) is 31.9. The van der Waals surface area contributed by atoms with Gasteiger partial charge < -0.3 is 30.3 Å². The highest BCUT2D eigenvalue weighted by Crippen LogP contribution is 2.31. The van der Waals surface area contributed by atoms with Crippen molar-refractivity contribution in [3.63, 3.8) is 0 Å². The zero-order valence-corrected chi connectivity index (χ0v) is 15.8. The molecule has 0 aliphatic carbocycles. The summed E-state index contributed by atoms with van der Waals surface area (Å²) < 4.78 is 5.11. The number of hydrogen-bond acceptors (Lipinski definition) is 7. The van der Waals surface area contributed by atoms with E-state index in [1.165, 1.54) is 32.1 Å². The number of ether oxygens (including phenoxy) is 1. The Morgan fingerprint density at radius 2 is 1.46 bits per heavy atom. The Morgan fingerprint density at radius 1 is 0.923 bits per heavy atom. The van der Waals surface area contributed by atoms with E-state index in [0.717, 1.165) is 19.3 Å². The summed E-state index contributed by atoms with van der Waals surface area (Å²) in [4.78, 5) is 12.1. The van der Waals surface area contributed by atoms with E-state index < -0.39 is 43.2 Å². The minimum absolute atomic E-state index is 0.261. The molecule has 0 bridgehead atoms. The predicted octanol–water partition coefficient (Wildman–Crippen LogP) is 1.03. The lowest BCUT2D eigenvalue weighted by Gasteiger charge is -2.45. The maximum absolute atomic E-state index is 12.1. The minimum atomic E-state index is -2.29. The van der Waals surface area contributed by atoms with Crippen molar-refractivity contribution in [3.05, 3.63) is 0 Å². The topological polar surface area (TPSA) is 127 Å². The zero-order chi connectivity index (χ0) is 19.6. The number of unbranched alkanes of at least 4 members (excludes halogenated alkanes) is 8. The molecule has 0 unspecified atom stereocenters. The monoisotopic (exact) mass is 376 g/mol. The van der Waals surface area contributed by atoms with Gasteiger partial charge in [0.25, 0.3) is 0 Å². The van der Waals surface area contributed by atoms with Crippen LogP contribution in [0.3, 0.4) is 0 Å². The highest BCUT2D eigenvalue weighted by molar-refractivity contribution is 5.79. The molecule has 7 heteroatoms. The van der Waals surface area contributed by atoms with Gasteiger partial charge in [0, 0.05) is 6.42 Å². The first kappa shape index (κ1) is 23.5. The Bertz CT molecular complexity index is 401. The number of ketones is 1. The van der Waals surface area contributed by atoms with Gasteiger partial charge in [0.1, 0.15) is 30.2 Å². The van der Waals surface area contributed by atoms with Gasteiger partial charge in [0.15, 0.2) is 0 Å². The molecule has 0 amide bonds. The van der Waals surface area contributed by atoms with Crippen LogP contribution in [-0.2, 0) is 9.53 Å². The molecule has 1 heterocycles. The average molecular weight is 376 g/mol. The largest absolute Gasteiger partial charge is 0.394 e. The van der Waals surface area contributed by atoms with Gasteiger partial charge >= 0.3 is 0 Å². The summed E-state index contributed by atoms with van der Waals surface area (Å²) in [7, 11) is 0. The first-order valence-corrected chi connectivity index (χ1v) is 9.92. The van der Waals surface area contributed by atoms with Crippen LogP contribution in [0.4, 0.5) is 0 Å². The molecule has 1 rings (SSSR count). The van der Waals surface area contributed by atoms with Crippen LogP contribution in [0, 0.1) is 0 Å². The van der Waals surface area contributed by atoms with Gasteiger partial charge in [-0.25, -0.2) is 0 Å². The van der Waals surface area contributed by atoms with Crippen LogP contribution in [-0.4, -0.2) is 68.1 Å². The second-order valence-corrected chi connectivity index (χ2v) is 7.40. The van der Waals surface area contributed by atoms with E-state index in [4.69, 9.17) is 9.84 Å². The van der Waals surface area contributed by atoms with E-state index in [0.29, 0.717) is 6.42 Å². The standard InChI is InChI=1S/C19H36O7/c1-2-3-4-5-6-7-8-9-10-11-14(21)12-19(25)18(24)17(23)16(22)15(13-20)26-19/h15-18,20,22-25H,2-13H2,1H3/t15-,16+,17+,18-,19-/m1/s1. The number of carbonyl (C=O) groups is 1. The fourth-order valence-corrected chi connectivity index (χ4v) is 3.37. The molecule has 0 aromatic carbocycles. The molecular formula is C19H36O7. The first-order chi connectivity index (χ1) is 12.4. The van der Waals surface area contributed by atoms with Gasteiger partial charge in [0.2, 0.25) is 5.79 Å². The molecule has 0 aromatic heterocycles. The molecule has 154 valence electrons. The number of rotatable bonds is 13. The van der Waals surface area contributed by atoms with Gasteiger partial charge in [-0.2, -0.15) is 0 Å². The SMILES string of the molecule is CCCCCCCCCCCC(=O)C[C@@]1(O)O[C@H](CO)[C@H](O)[C@H](O)[C@H]1O. The lowest BCUT2D eigenvalue weighted by molar-refractivity contribution is -0.347. The molecule has 7 nitrogen and oxygen atoms in total. The van der Waals surface area contributed by atoms with Gasteiger partial charge in [-0.05, 0) is 6.42 Å². The molecule has 0 radical (unpaired) electrons. The van der Waals surface area contributed by atoms with E-state index >= 15 is 0 Å². The smallest absolute Gasteiger partial charge is 0.202 e. The second-order valence-electron chi connectivity index (χ2n) is 7.40. The van der Waals surface area contributed by atoms with Crippen molar-refractivity contribution in [2.75, 3.05) is 6.61 Å². The van der Waals surface area contributed by atoms with Crippen molar-refractivity contribution in [1.82, 2.24) is 0 Å². The fraction of sp³-hybridized carbons (Fsp3) is 0.947. The highest BCUT2D eigenvalue weighted by atomic mass is 16.7. The Balaban J connectivity index is 2.27. The Labute approximate surface area is 156 Å². The van der Waals surface area contributed by atoms with E-state index in [9.17, 15) is 25.2 Å². The molecule has 5 atom stereocenters. The number of hydrogen-bond donors (Lipinski definition) is 5. The summed E-state index contributed by atoms with van der Waals surface area (Å²) >= 11 is 0. The number of Topliss-reactive ketones (excluding diaryl/α,β-unsaturated/α-hetero) is 1. The molecule has 0 spiro atoms. The summed E-state index contributed by atoms with van der Waals surface area (Å²) in [5.41, 5.74) is 0. The Hall–Kier alpha value is -0.570. The highest BCUT2D eigenvalue weighted by Gasteiger charge is 2.53. The Kier molecular flexibility index (Phi) is 10.8. The molecule has 5 N–H and O–H groups in total. The van der Waals surface area contributed by atoms with Crippen molar-refractivity contribution >= 4 is 5.78 Å². The van der Waals surface area contributed by atoms with Crippen LogP contribution in [0.25, 0.3) is 0 Å². The predicted molar refractivity (Wildman–Crippen MR) is 96.4 cm³/mol. The van der Waals surface area contributed by atoms with Crippen LogP contribution in [0.1, 0.15) is 77.6 Å². The third-order valence-electron chi connectivity index (χ3n) is 5.06. The van der Waals surface area contributed by atoms with Crippen molar-refractivity contribution in [1.29, 1.82) is 0 Å². The maximum atomic E-state index is 12.1. The fourth-order valence-electron chi connectivity index (χ4n) is 3.37. The summed E-state index contributed by atoms with van der Waals surface area (Å²) in [6.07, 6.45) is 3.65. The summed E-state index contributed by atoms with van der Waals surface area (Å²) in [6.45, 7) is 1.55. The van der Waals surface area contributed by atoms with Crippen molar-refractivity contribution in [2.24, 2.45) is 0 Å². The molecule has 1 aliphatic heterocycles. The zero-order valence-electron chi connectivity index (χ0n) is 15.8.